The van der Waals surface area contributed by atoms with E-state index in [9.17, 15) is 5.11 Å². The quantitative estimate of drug-likeness (QED) is 0.403. The zero-order valence-electron chi connectivity index (χ0n) is 11.2. The van der Waals surface area contributed by atoms with Gasteiger partial charge in [-0.2, -0.15) is 5.10 Å². The zero-order chi connectivity index (χ0) is 13.1. The molecule has 0 bridgehead atoms. The van der Waals surface area contributed by atoms with Crippen molar-refractivity contribution < 1.29 is 5.11 Å². The van der Waals surface area contributed by atoms with Gasteiger partial charge >= 0.3 is 0 Å². The van der Waals surface area contributed by atoms with Crippen LogP contribution in [0.1, 0.15) is 34.1 Å². The lowest BCUT2D eigenvalue weighted by atomic mass is 9.93. The molecule has 0 aromatic heterocycles. The molecule has 3 N–H and O–H groups in total. The number of aliphatic hydroxyl groups is 1. The molecular weight excluding hydrogens is 214 g/mol. The number of nitrogens with two attached hydrogens (primary N) is 1. The Balaban J connectivity index is 2.58. The molecule has 96 valence electrons. The molecule has 2 unspecified atom stereocenters. The number of nitrogens with zero attached hydrogens (tertiary/aromatic N) is 2. The van der Waals surface area contributed by atoms with E-state index in [0.29, 0.717) is 18.5 Å². The van der Waals surface area contributed by atoms with Gasteiger partial charge < -0.3 is 10.9 Å². The Morgan fingerprint density at radius 1 is 1.53 bits per heavy atom. The van der Waals surface area contributed by atoms with Crippen LogP contribution in [0.5, 0.6) is 0 Å². The zero-order valence-corrected chi connectivity index (χ0v) is 11.2. The molecule has 0 saturated carbocycles. The van der Waals surface area contributed by atoms with Crippen LogP contribution < -0.4 is 5.84 Å². The standard InChI is InChI=1S/C13H23N3O/c1-10-9-16(7-5-6-13(3,4)17)11(2)8-12(10)15-14/h10-11,17H,7-9,14H2,1-4H3. The SMILES string of the molecule is CC1CN(CC#CC(C)(C)O)C(C)CC1=NN. The van der Waals surface area contributed by atoms with Crippen molar-refractivity contribution in [3.8, 4) is 11.8 Å². The number of rotatable bonds is 1. The van der Waals surface area contributed by atoms with Gasteiger partial charge in [-0.25, -0.2) is 0 Å². The molecule has 0 aromatic carbocycles. The van der Waals surface area contributed by atoms with Gasteiger partial charge in [0.05, 0.1) is 6.54 Å². The summed E-state index contributed by atoms with van der Waals surface area (Å²) in [4.78, 5) is 2.30. The molecule has 0 spiro atoms. The lowest BCUT2D eigenvalue weighted by Gasteiger charge is -2.36. The minimum absolute atomic E-state index is 0.389. The van der Waals surface area contributed by atoms with Gasteiger partial charge in [0.2, 0.25) is 0 Å². The third kappa shape index (κ3) is 4.37. The fraction of sp³-hybridized carbons (Fsp3) is 0.769. The topological polar surface area (TPSA) is 61.8 Å². The highest BCUT2D eigenvalue weighted by atomic mass is 16.3. The maximum absolute atomic E-state index is 9.52. The Hall–Kier alpha value is -1.05. The van der Waals surface area contributed by atoms with Gasteiger partial charge in [-0.05, 0) is 20.8 Å². The van der Waals surface area contributed by atoms with E-state index in [-0.39, 0.29) is 0 Å². The van der Waals surface area contributed by atoms with Crippen LogP contribution >= 0.6 is 0 Å². The highest BCUT2D eigenvalue weighted by molar-refractivity contribution is 5.87. The maximum Gasteiger partial charge on any atom is 0.120 e. The van der Waals surface area contributed by atoms with Crippen LogP contribution in [0.15, 0.2) is 5.10 Å². The van der Waals surface area contributed by atoms with E-state index in [1.807, 2.05) is 0 Å². The van der Waals surface area contributed by atoms with Crippen molar-refractivity contribution in [2.75, 3.05) is 13.1 Å². The fourth-order valence-electron chi connectivity index (χ4n) is 2.03. The van der Waals surface area contributed by atoms with Crippen LogP contribution in [-0.4, -0.2) is 40.5 Å². The Morgan fingerprint density at radius 2 is 2.18 bits per heavy atom. The maximum atomic E-state index is 9.52. The van der Waals surface area contributed by atoms with Crippen LogP contribution in [0, 0.1) is 17.8 Å². The van der Waals surface area contributed by atoms with Gasteiger partial charge in [-0.3, -0.25) is 4.90 Å². The Labute approximate surface area is 104 Å². The number of hydrogen-bond acceptors (Lipinski definition) is 4. The Bertz CT molecular complexity index is 346. The van der Waals surface area contributed by atoms with Crippen LogP contribution in [0.2, 0.25) is 0 Å². The van der Waals surface area contributed by atoms with Gasteiger partial charge in [0.25, 0.3) is 0 Å². The lowest BCUT2D eigenvalue weighted by Crippen LogP contribution is -2.46. The summed E-state index contributed by atoms with van der Waals surface area (Å²) >= 11 is 0. The third-order valence-corrected chi connectivity index (χ3v) is 3.05. The number of likely N-dealkylation sites (tertiary alicyclic amines) is 1. The summed E-state index contributed by atoms with van der Waals surface area (Å²) in [7, 11) is 0. The van der Waals surface area contributed by atoms with Crippen molar-refractivity contribution in [2.24, 2.45) is 16.9 Å². The van der Waals surface area contributed by atoms with E-state index in [4.69, 9.17) is 5.84 Å². The first-order valence-corrected chi connectivity index (χ1v) is 6.06. The van der Waals surface area contributed by atoms with Gasteiger partial charge in [-0.15, -0.1) is 0 Å². The first kappa shape index (κ1) is 14.0. The number of hydrazone groups is 1. The summed E-state index contributed by atoms with van der Waals surface area (Å²) in [5, 5.41) is 13.4. The minimum atomic E-state index is -0.908. The molecule has 4 heteroatoms. The highest BCUT2D eigenvalue weighted by Crippen LogP contribution is 2.18. The summed E-state index contributed by atoms with van der Waals surface area (Å²) in [6.45, 7) is 9.30. The second kappa shape index (κ2) is 5.52. The molecule has 1 aliphatic rings. The van der Waals surface area contributed by atoms with E-state index in [1.54, 1.807) is 13.8 Å². The monoisotopic (exact) mass is 237 g/mol. The predicted molar refractivity (Wildman–Crippen MR) is 70.5 cm³/mol. The van der Waals surface area contributed by atoms with Crippen LogP contribution in [0.4, 0.5) is 0 Å². The first-order valence-electron chi connectivity index (χ1n) is 6.06. The molecular formula is C13H23N3O. The molecule has 0 aliphatic carbocycles. The summed E-state index contributed by atoms with van der Waals surface area (Å²) in [6, 6.07) is 0.407. The molecule has 4 nitrogen and oxygen atoms in total. The van der Waals surface area contributed by atoms with Crippen molar-refractivity contribution in [3.05, 3.63) is 0 Å². The minimum Gasteiger partial charge on any atom is -0.378 e. The Morgan fingerprint density at radius 3 is 2.71 bits per heavy atom. The molecule has 0 aromatic rings. The molecule has 1 fully saturated rings. The lowest BCUT2D eigenvalue weighted by molar-refractivity contribution is 0.143. The smallest absolute Gasteiger partial charge is 0.120 e. The second-order valence-electron chi connectivity index (χ2n) is 5.36. The van der Waals surface area contributed by atoms with E-state index in [0.717, 1.165) is 18.7 Å². The molecule has 1 saturated heterocycles. The highest BCUT2D eigenvalue weighted by Gasteiger charge is 2.27. The van der Waals surface area contributed by atoms with Crippen LogP contribution in [0.25, 0.3) is 0 Å². The van der Waals surface area contributed by atoms with Crippen molar-refractivity contribution in [2.45, 2.75) is 45.8 Å². The third-order valence-electron chi connectivity index (χ3n) is 3.05. The molecule has 0 amide bonds. The first-order chi connectivity index (χ1) is 7.83. The van der Waals surface area contributed by atoms with Gasteiger partial charge in [-0.1, -0.05) is 18.8 Å². The van der Waals surface area contributed by atoms with E-state index >= 15 is 0 Å². The van der Waals surface area contributed by atoms with Crippen LogP contribution in [0.3, 0.4) is 0 Å². The molecule has 1 rings (SSSR count). The average molecular weight is 237 g/mol. The largest absolute Gasteiger partial charge is 0.378 e. The normalized spacial score (nSPS) is 28.9. The van der Waals surface area contributed by atoms with E-state index in [1.165, 1.54) is 0 Å². The summed E-state index contributed by atoms with van der Waals surface area (Å²) in [5.41, 5.74) is 0.179. The molecule has 1 heterocycles. The summed E-state index contributed by atoms with van der Waals surface area (Å²) in [5.74, 6) is 11.6. The average Bonchev–Trinajstić information content (AvgIpc) is 2.20. The predicted octanol–water partition coefficient (Wildman–Crippen LogP) is 0.806. The number of hydrogen-bond donors (Lipinski definition) is 2. The van der Waals surface area contributed by atoms with E-state index < -0.39 is 5.60 Å². The van der Waals surface area contributed by atoms with Gasteiger partial charge in [0.1, 0.15) is 5.60 Å². The second-order valence-corrected chi connectivity index (χ2v) is 5.36. The Kier molecular flexibility index (Phi) is 4.55. The van der Waals surface area contributed by atoms with Crippen molar-refractivity contribution >= 4 is 5.71 Å². The summed E-state index contributed by atoms with van der Waals surface area (Å²) in [6.07, 6.45) is 0.905. The van der Waals surface area contributed by atoms with Crippen LogP contribution in [-0.2, 0) is 0 Å². The van der Waals surface area contributed by atoms with E-state index in [2.05, 4.69) is 35.7 Å². The fourth-order valence-corrected chi connectivity index (χ4v) is 2.03. The molecule has 2 atom stereocenters. The van der Waals surface area contributed by atoms with Crippen molar-refractivity contribution in [3.63, 3.8) is 0 Å². The van der Waals surface area contributed by atoms with Crippen molar-refractivity contribution in [1.29, 1.82) is 0 Å². The molecule has 17 heavy (non-hydrogen) atoms. The number of piperidine rings is 1. The summed E-state index contributed by atoms with van der Waals surface area (Å²) < 4.78 is 0. The molecule has 0 radical (unpaired) electrons. The van der Waals surface area contributed by atoms with Gasteiger partial charge in [0.15, 0.2) is 0 Å². The van der Waals surface area contributed by atoms with Crippen molar-refractivity contribution in [1.82, 2.24) is 4.90 Å². The molecule has 1 aliphatic heterocycles. The van der Waals surface area contributed by atoms with Gasteiger partial charge in [0, 0.05) is 30.6 Å².